The van der Waals surface area contributed by atoms with Crippen molar-refractivity contribution in [2.24, 2.45) is 29.1 Å². The Balaban J connectivity index is 1.05. The Labute approximate surface area is 236 Å². The van der Waals surface area contributed by atoms with Gasteiger partial charge in [0.2, 0.25) is 5.95 Å². The molecule has 0 radical (unpaired) electrons. The van der Waals surface area contributed by atoms with Gasteiger partial charge in [-0.1, -0.05) is 6.07 Å². The Morgan fingerprint density at radius 2 is 1.87 bits per heavy atom. The maximum atomic E-state index is 14.7. The van der Waals surface area contributed by atoms with Crippen molar-refractivity contribution in [3.8, 4) is 0 Å². The van der Waals surface area contributed by atoms with Crippen molar-refractivity contribution in [2.45, 2.75) is 87.9 Å². The molecule has 5 aliphatic carbocycles. The topological polar surface area (TPSA) is 95.0 Å². The van der Waals surface area contributed by atoms with Gasteiger partial charge in [-0.25, -0.2) is 14.4 Å². The summed E-state index contributed by atoms with van der Waals surface area (Å²) >= 11 is 1.60. The van der Waals surface area contributed by atoms with E-state index >= 15 is 0 Å². The van der Waals surface area contributed by atoms with Crippen molar-refractivity contribution < 1.29 is 9.50 Å². The number of rotatable bonds is 10. The third-order valence-electron chi connectivity index (χ3n) is 10.1. The number of anilines is 2. The molecule has 2 aromatic heterocycles. The van der Waals surface area contributed by atoms with E-state index in [1.807, 2.05) is 25.3 Å². The number of hydrogen-bond acceptors (Lipinski definition) is 8. The smallest absolute Gasteiger partial charge is 0.225 e. The molecule has 1 unspecified atom stereocenters. The Hall–Kier alpha value is -1.97. The highest BCUT2D eigenvalue weighted by atomic mass is 32.2. The highest BCUT2D eigenvalue weighted by Crippen LogP contribution is 2.60. The average molecular weight is 555 g/mol. The van der Waals surface area contributed by atoms with Crippen LogP contribution in [0.3, 0.4) is 0 Å². The molecule has 5 fully saturated rings. The van der Waals surface area contributed by atoms with E-state index in [1.165, 1.54) is 38.3 Å². The SMILES string of the molecule is CSc1ncccc1CNc1ncc(F)c(NC[C@]23CC4C[C@H](C2)[C@@H](NC[C@H]2CC[C@](C)(O)CC2)[C@@H](C4)C3)n1. The number of pyridine rings is 1. The van der Waals surface area contributed by atoms with Gasteiger partial charge in [-0.05, 0) is 113 Å². The third kappa shape index (κ3) is 6.05. The fraction of sp³-hybridized carbons (Fsp3) is 0.700. The molecule has 0 aliphatic heterocycles. The Kier molecular flexibility index (Phi) is 7.77. The summed E-state index contributed by atoms with van der Waals surface area (Å²) in [4.78, 5) is 13.1. The van der Waals surface area contributed by atoms with Gasteiger partial charge in [-0.2, -0.15) is 4.98 Å². The van der Waals surface area contributed by atoms with E-state index in [1.54, 1.807) is 18.0 Å². The minimum atomic E-state index is -0.463. The Morgan fingerprint density at radius 3 is 2.62 bits per heavy atom. The van der Waals surface area contributed by atoms with Crippen LogP contribution in [-0.4, -0.2) is 51.0 Å². The average Bonchev–Trinajstić information content (AvgIpc) is 2.92. The van der Waals surface area contributed by atoms with Crippen LogP contribution in [-0.2, 0) is 6.54 Å². The lowest BCUT2D eigenvalue weighted by Crippen LogP contribution is -2.60. The van der Waals surface area contributed by atoms with Crippen LogP contribution in [0.15, 0.2) is 29.6 Å². The van der Waals surface area contributed by atoms with Crippen molar-refractivity contribution in [1.82, 2.24) is 20.3 Å². The predicted molar refractivity (Wildman–Crippen MR) is 154 cm³/mol. The lowest BCUT2D eigenvalue weighted by atomic mass is 9.48. The van der Waals surface area contributed by atoms with Gasteiger partial charge in [0.15, 0.2) is 11.6 Å². The lowest BCUT2D eigenvalue weighted by molar-refractivity contribution is -0.0711. The summed E-state index contributed by atoms with van der Waals surface area (Å²) in [5, 5.41) is 21.9. The number of halogens is 1. The quantitative estimate of drug-likeness (QED) is 0.287. The molecule has 7 nitrogen and oxygen atoms in total. The second kappa shape index (κ2) is 11.1. The fourth-order valence-electron chi connectivity index (χ4n) is 8.31. The van der Waals surface area contributed by atoms with Crippen LogP contribution in [0.25, 0.3) is 0 Å². The van der Waals surface area contributed by atoms with Gasteiger partial charge in [0, 0.05) is 30.9 Å². The number of nitrogens with zero attached hydrogens (tertiary/aromatic N) is 3. The van der Waals surface area contributed by atoms with E-state index in [2.05, 4.69) is 30.9 Å². The second-order valence-electron chi connectivity index (χ2n) is 13.1. The first-order valence-corrected chi connectivity index (χ1v) is 16.0. The zero-order valence-corrected chi connectivity index (χ0v) is 24.1. The molecule has 39 heavy (non-hydrogen) atoms. The van der Waals surface area contributed by atoms with Gasteiger partial charge in [-0.15, -0.1) is 11.8 Å². The molecule has 7 rings (SSSR count). The van der Waals surface area contributed by atoms with Gasteiger partial charge < -0.3 is 21.1 Å². The van der Waals surface area contributed by atoms with Crippen molar-refractivity contribution in [3.63, 3.8) is 0 Å². The molecule has 212 valence electrons. The molecule has 0 aromatic carbocycles. The summed E-state index contributed by atoms with van der Waals surface area (Å²) < 4.78 is 14.7. The number of thioether (sulfide) groups is 1. The molecule has 5 atom stereocenters. The maximum absolute atomic E-state index is 14.7. The molecule has 5 aliphatic rings. The van der Waals surface area contributed by atoms with Crippen LogP contribution < -0.4 is 16.0 Å². The maximum Gasteiger partial charge on any atom is 0.225 e. The van der Waals surface area contributed by atoms with Crippen LogP contribution in [0, 0.1) is 34.9 Å². The third-order valence-corrected chi connectivity index (χ3v) is 10.8. The molecule has 4 N–H and O–H groups in total. The van der Waals surface area contributed by atoms with E-state index < -0.39 is 11.4 Å². The van der Waals surface area contributed by atoms with Crippen molar-refractivity contribution in [1.29, 1.82) is 0 Å². The van der Waals surface area contributed by atoms with Crippen LogP contribution in [0.2, 0.25) is 0 Å². The standard InChI is InChI=1S/C30H43FN6OS/c1-29(38)7-5-19(6-8-29)15-33-25-22-10-20-11-23(25)14-30(12-20,13-22)18-36-26-24(31)17-35-28(37-26)34-16-21-4-3-9-32-27(21)39-2/h3-4,9,17,19-20,22-23,25,33,38H,5-8,10-16,18H2,1-2H3,(H2,34,35,36,37)/t19-,20?,22-,23+,25-,29-,30-. The molecule has 0 amide bonds. The molecule has 0 spiro atoms. The second-order valence-corrected chi connectivity index (χ2v) is 13.9. The van der Waals surface area contributed by atoms with Crippen molar-refractivity contribution >= 4 is 23.5 Å². The molecular weight excluding hydrogens is 511 g/mol. The molecule has 2 aromatic rings. The van der Waals surface area contributed by atoms with Gasteiger partial charge in [0.05, 0.1) is 11.8 Å². The summed E-state index contributed by atoms with van der Waals surface area (Å²) in [6.07, 6.45) is 15.5. The number of aromatic nitrogens is 3. The van der Waals surface area contributed by atoms with Crippen LogP contribution in [0.4, 0.5) is 16.2 Å². The summed E-state index contributed by atoms with van der Waals surface area (Å²) in [6, 6.07) is 4.56. The summed E-state index contributed by atoms with van der Waals surface area (Å²) in [5.41, 5.74) is 0.835. The first-order chi connectivity index (χ1) is 18.8. The van der Waals surface area contributed by atoms with Crippen LogP contribution in [0.1, 0.15) is 70.3 Å². The summed E-state index contributed by atoms with van der Waals surface area (Å²) in [6.45, 7) is 4.38. The zero-order valence-electron chi connectivity index (χ0n) is 23.3. The normalized spacial score (nSPS) is 35.2. The predicted octanol–water partition coefficient (Wildman–Crippen LogP) is 5.48. The van der Waals surface area contributed by atoms with E-state index in [9.17, 15) is 9.50 Å². The van der Waals surface area contributed by atoms with E-state index in [-0.39, 0.29) is 5.41 Å². The minimum absolute atomic E-state index is 0.228. The molecule has 4 bridgehead atoms. The lowest BCUT2D eigenvalue weighted by Gasteiger charge is -2.60. The fourth-order valence-corrected chi connectivity index (χ4v) is 8.88. The summed E-state index contributed by atoms with van der Waals surface area (Å²) in [5.74, 6) is 3.22. The number of hydrogen-bond donors (Lipinski definition) is 4. The van der Waals surface area contributed by atoms with Gasteiger partial charge in [-0.3, -0.25) is 0 Å². The van der Waals surface area contributed by atoms with E-state index in [4.69, 9.17) is 0 Å². The molecule has 9 heteroatoms. The van der Waals surface area contributed by atoms with Crippen molar-refractivity contribution in [2.75, 3.05) is 30.0 Å². The van der Waals surface area contributed by atoms with Gasteiger partial charge in [0.25, 0.3) is 0 Å². The minimum Gasteiger partial charge on any atom is -0.390 e. The number of nitrogens with one attached hydrogen (secondary N) is 3. The summed E-state index contributed by atoms with van der Waals surface area (Å²) in [7, 11) is 0. The Morgan fingerprint density at radius 1 is 1.10 bits per heavy atom. The largest absolute Gasteiger partial charge is 0.390 e. The molecule has 0 saturated heterocycles. The highest BCUT2D eigenvalue weighted by molar-refractivity contribution is 7.98. The van der Waals surface area contributed by atoms with Crippen LogP contribution >= 0.6 is 11.8 Å². The molecule has 5 saturated carbocycles. The molecular formula is C30H43FN6OS. The Bertz CT molecular complexity index is 1140. The zero-order chi connectivity index (χ0) is 27.0. The van der Waals surface area contributed by atoms with E-state index in [0.29, 0.717) is 42.1 Å². The first-order valence-electron chi connectivity index (χ1n) is 14.8. The van der Waals surface area contributed by atoms with Crippen molar-refractivity contribution in [3.05, 3.63) is 35.9 Å². The number of aliphatic hydroxyl groups is 1. The van der Waals surface area contributed by atoms with E-state index in [0.717, 1.165) is 55.3 Å². The first kappa shape index (κ1) is 27.2. The van der Waals surface area contributed by atoms with Gasteiger partial charge in [0.1, 0.15) is 5.03 Å². The molecule has 2 heterocycles. The monoisotopic (exact) mass is 554 g/mol. The van der Waals surface area contributed by atoms with Crippen LogP contribution in [0.5, 0.6) is 0 Å². The highest BCUT2D eigenvalue weighted by Gasteiger charge is 2.55. The van der Waals surface area contributed by atoms with Gasteiger partial charge >= 0.3 is 0 Å².